The number of halogens is 1. The van der Waals surface area contributed by atoms with Crippen molar-refractivity contribution in [2.24, 2.45) is 5.41 Å². The summed E-state index contributed by atoms with van der Waals surface area (Å²) in [7, 11) is 1.25. The van der Waals surface area contributed by atoms with Gasteiger partial charge in [-0.05, 0) is 30.5 Å². The Morgan fingerprint density at radius 2 is 1.96 bits per heavy atom. The number of nitrogens with zero attached hydrogens (tertiary/aromatic N) is 1. The van der Waals surface area contributed by atoms with Crippen molar-refractivity contribution in [2.45, 2.75) is 18.9 Å². The van der Waals surface area contributed by atoms with Gasteiger partial charge in [0.1, 0.15) is 17.3 Å². The van der Waals surface area contributed by atoms with Crippen LogP contribution in [0.4, 0.5) is 4.39 Å². The molecule has 1 aliphatic heterocycles. The van der Waals surface area contributed by atoms with Gasteiger partial charge in [-0.2, -0.15) is 0 Å². The first-order valence-electron chi connectivity index (χ1n) is 7.42. The summed E-state index contributed by atoms with van der Waals surface area (Å²) in [5.41, 5.74) is -0.650. The molecule has 1 aromatic carbocycles. The van der Waals surface area contributed by atoms with E-state index in [0.29, 0.717) is 31.5 Å². The fourth-order valence-corrected chi connectivity index (χ4v) is 2.96. The number of amides is 2. The maximum absolute atomic E-state index is 13.1. The molecule has 1 N–H and O–H groups in total. The van der Waals surface area contributed by atoms with Gasteiger partial charge in [0.15, 0.2) is 0 Å². The summed E-state index contributed by atoms with van der Waals surface area (Å²) in [6.07, 6.45) is 0.847. The molecule has 2 aliphatic rings. The van der Waals surface area contributed by atoms with E-state index in [9.17, 15) is 18.8 Å². The third-order valence-electron chi connectivity index (χ3n) is 4.39. The molecule has 0 bridgehead atoms. The highest BCUT2D eigenvalue weighted by Gasteiger charge is 2.60. The Morgan fingerprint density at radius 1 is 1.30 bits per heavy atom. The average molecular weight is 320 g/mol. The molecule has 1 saturated carbocycles. The number of carbonyl (C=O) groups is 3. The number of ether oxygens (including phenoxy) is 1. The second-order valence-corrected chi connectivity index (χ2v) is 5.82. The summed E-state index contributed by atoms with van der Waals surface area (Å²) < 4.78 is 17.9. The number of nitrogens with one attached hydrogen (secondary N) is 1. The molecule has 0 unspecified atom stereocenters. The van der Waals surface area contributed by atoms with Gasteiger partial charge < -0.3 is 15.0 Å². The molecular weight excluding hydrogens is 303 g/mol. The molecule has 1 atom stereocenters. The number of piperazine rings is 1. The number of esters is 1. The number of carbonyl (C=O) groups excluding carboxylic acids is 3. The van der Waals surface area contributed by atoms with Crippen LogP contribution in [0.5, 0.6) is 0 Å². The summed E-state index contributed by atoms with van der Waals surface area (Å²) in [6.45, 7) is 0.616. The number of benzene rings is 1. The van der Waals surface area contributed by atoms with Crippen LogP contribution in [-0.2, 0) is 19.1 Å². The molecule has 0 aromatic heterocycles. The monoisotopic (exact) mass is 320 g/mol. The van der Waals surface area contributed by atoms with E-state index in [0.717, 1.165) is 0 Å². The first-order valence-corrected chi connectivity index (χ1v) is 7.42. The molecule has 6 nitrogen and oxygen atoms in total. The molecule has 122 valence electrons. The highest BCUT2D eigenvalue weighted by atomic mass is 19.1. The van der Waals surface area contributed by atoms with Gasteiger partial charge in [-0.15, -0.1) is 0 Å². The van der Waals surface area contributed by atoms with Gasteiger partial charge in [-0.1, -0.05) is 12.1 Å². The van der Waals surface area contributed by atoms with Gasteiger partial charge in [-0.25, -0.2) is 4.39 Å². The van der Waals surface area contributed by atoms with Crippen LogP contribution in [0.3, 0.4) is 0 Å². The second-order valence-electron chi connectivity index (χ2n) is 5.82. The topological polar surface area (TPSA) is 75.7 Å². The lowest BCUT2D eigenvalue weighted by molar-refractivity contribution is -0.159. The highest BCUT2D eigenvalue weighted by molar-refractivity contribution is 6.07. The summed E-state index contributed by atoms with van der Waals surface area (Å²) in [5, 5.41) is 2.70. The predicted molar refractivity (Wildman–Crippen MR) is 77.5 cm³/mol. The minimum Gasteiger partial charge on any atom is -0.468 e. The highest BCUT2D eigenvalue weighted by Crippen LogP contribution is 2.49. The van der Waals surface area contributed by atoms with Crippen molar-refractivity contribution in [3.8, 4) is 0 Å². The predicted octanol–water partition coefficient (Wildman–Crippen LogP) is 0.778. The van der Waals surface area contributed by atoms with Crippen molar-refractivity contribution < 1.29 is 23.5 Å². The van der Waals surface area contributed by atoms with E-state index in [2.05, 4.69) is 5.32 Å². The molecule has 23 heavy (non-hydrogen) atoms. The molecule has 1 aromatic rings. The SMILES string of the molecule is COC(=O)C1(C(=O)N2CCNC(=O)[C@H]2c2ccc(F)cc2)CC1. The van der Waals surface area contributed by atoms with Crippen LogP contribution < -0.4 is 5.32 Å². The van der Waals surface area contributed by atoms with Crippen LogP contribution in [0, 0.1) is 11.2 Å². The van der Waals surface area contributed by atoms with Gasteiger partial charge in [0.05, 0.1) is 7.11 Å². The summed E-state index contributed by atoms with van der Waals surface area (Å²) in [4.78, 5) is 38.4. The smallest absolute Gasteiger partial charge is 0.321 e. The van der Waals surface area contributed by atoms with Gasteiger partial charge in [0.25, 0.3) is 0 Å². The van der Waals surface area contributed by atoms with Crippen LogP contribution >= 0.6 is 0 Å². The lowest BCUT2D eigenvalue weighted by atomic mass is 9.98. The maximum atomic E-state index is 13.1. The minimum atomic E-state index is -1.16. The van der Waals surface area contributed by atoms with Crippen molar-refractivity contribution in [3.63, 3.8) is 0 Å². The summed E-state index contributed by atoms with van der Waals surface area (Å²) in [6, 6.07) is 4.57. The van der Waals surface area contributed by atoms with Crippen molar-refractivity contribution in [1.82, 2.24) is 10.2 Å². The Hall–Kier alpha value is -2.44. The van der Waals surface area contributed by atoms with E-state index >= 15 is 0 Å². The molecule has 2 amide bonds. The lowest BCUT2D eigenvalue weighted by Gasteiger charge is -2.37. The van der Waals surface area contributed by atoms with Crippen LogP contribution in [0.1, 0.15) is 24.4 Å². The van der Waals surface area contributed by atoms with Crippen LogP contribution in [-0.4, -0.2) is 42.9 Å². The quantitative estimate of drug-likeness (QED) is 0.659. The van der Waals surface area contributed by atoms with Gasteiger partial charge in [-0.3, -0.25) is 14.4 Å². The minimum absolute atomic E-state index is 0.297. The molecule has 0 radical (unpaired) electrons. The molecule has 7 heteroatoms. The molecule has 1 saturated heterocycles. The van der Waals surface area contributed by atoms with Gasteiger partial charge in [0, 0.05) is 13.1 Å². The molecular formula is C16H17FN2O4. The third-order valence-corrected chi connectivity index (χ3v) is 4.39. The van der Waals surface area contributed by atoms with Crippen molar-refractivity contribution >= 4 is 17.8 Å². The fourth-order valence-electron chi connectivity index (χ4n) is 2.96. The number of hydrogen-bond donors (Lipinski definition) is 1. The van der Waals surface area contributed by atoms with Crippen molar-refractivity contribution in [1.29, 1.82) is 0 Å². The third kappa shape index (κ3) is 2.56. The maximum Gasteiger partial charge on any atom is 0.321 e. The van der Waals surface area contributed by atoms with Crippen LogP contribution in [0.15, 0.2) is 24.3 Å². The average Bonchev–Trinajstić information content (AvgIpc) is 3.36. The number of hydrogen-bond acceptors (Lipinski definition) is 4. The van der Waals surface area contributed by atoms with Gasteiger partial charge in [0.2, 0.25) is 11.8 Å². The van der Waals surface area contributed by atoms with E-state index in [1.807, 2.05) is 0 Å². The van der Waals surface area contributed by atoms with E-state index in [1.54, 1.807) is 0 Å². The lowest BCUT2D eigenvalue weighted by Crippen LogP contribution is -2.55. The fraction of sp³-hybridized carbons (Fsp3) is 0.438. The molecule has 2 fully saturated rings. The molecule has 3 rings (SSSR count). The molecule has 1 aliphatic carbocycles. The zero-order valence-electron chi connectivity index (χ0n) is 12.7. The second kappa shape index (κ2) is 5.64. The summed E-state index contributed by atoms with van der Waals surface area (Å²) in [5.74, 6) is -1.71. The van der Waals surface area contributed by atoms with Crippen molar-refractivity contribution in [2.75, 3.05) is 20.2 Å². The number of rotatable bonds is 3. The first kappa shape index (κ1) is 15.5. The van der Waals surface area contributed by atoms with Crippen LogP contribution in [0.2, 0.25) is 0 Å². The normalized spacial score (nSPS) is 22.3. The zero-order valence-corrected chi connectivity index (χ0v) is 12.7. The Bertz CT molecular complexity index is 655. The van der Waals surface area contributed by atoms with E-state index in [4.69, 9.17) is 4.74 Å². The Balaban J connectivity index is 1.92. The molecule has 1 heterocycles. The first-order chi connectivity index (χ1) is 11.0. The molecule has 0 spiro atoms. The van der Waals surface area contributed by atoms with E-state index in [1.165, 1.54) is 36.3 Å². The standard InChI is InChI=1S/C16H17FN2O4/c1-23-15(22)16(6-7-16)14(21)19-9-8-18-13(20)12(19)10-2-4-11(17)5-3-10/h2-5,12H,6-9H2,1H3,(H,18,20)/t12-/m1/s1. The van der Waals surface area contributed by atoms with Crippen molar-refractivity contribution in [3.05, 3.63) is 35.6 Å². The Kier molecular flexibility index (Phi) is 3.79. The zero-order chi connectivity index (χ0) is 16.6. The Morgan fingerprint density at radius 3 is 2.52 bits per heavy atom. The largest absolute Gasteiger partial charge is 0.468 e. The van der Waals surface area contributed by atoms with E-state index in [-0.39, 0.29) is 5.91 Å². The van der Waals surface area contributed by atoms with Crippen LogP contribution in [0.25, 0.3) is 0 Å². The Labute approximate surface area is 132 Å². The summed E-state index contributed by atoms with van der Waals surface area (Å²) >= 11 is 0. The number of methoxy groups -OCH3 is 1. The van der Waals surface area contributed by atoms with E-state index < -0.39 is 29.2 Å². The van der Waals surface area contributed by atoms with Gasteiger partial charge >= 0.3 is 5.97 Å².